The van der Waals surface area contributed by atoms with E-state index in [1.807, 2.05) is 73.7 Å². The molecule has 148 valence electrons. The molecule has 3 heteroatoms. The fourth-order valence-corrected chi connectivity index (χ4v) is 2.28. The Labute approximate surface area is 169 Å². The minimum atomic E-state index is 0.168. The van der Waals surface area contributed by atoms with Gasteiger partial charge in [0.2, 0.25) is 0 Å². The Morgan fingerprint density at radius 3 is 1.61 bits per heavy atom. The Kier molecular flexibility index (Phi) is 11.9. The normalized spacial score (nSPS) is 9.61. The third kappa shape index (κ3) is 9.81. The fourth-order valence-electron chi connectivity index (χ4n) is 2.28. The summed E-state index contributed by atoms with van der Waals surface area (Å²) in [4.78, 5) is 13.2. The van der Waals surface area contributed by atoms with E-state index in [0.29, 0.717) is 13.0 Å². The lowest BCUT2D eigenvalue weighted by Crippen LogP contribution is -3.00. The topological polar surface area (TPSA) is 41.7 Å². The smallest absolute Gasteiger partial charge is 0.167 e. The van der Waals surface area contributed by atoms with Crippen LogP contribution in [0.15, 0.2) is 91.0 Å². The molecule has 3 aromatic carbocycles. The van der Waals surface area contributed by atoms with Crippen LogP contribution in [0.2, 0.25) is 0 Å². The van der Waals surface area contributed by atoms with Crippen LogP contribution in [0.1, 0.15) is 29.3 Å². The number of para-hydroxylation sites is 1. The van der Waals surface area contributed by atoms with Gasteiger partial charge in [-0.3, -0.25) is 4.79 Å². The minimum absolute atomic E-state index is 0.168. The molecule has 0 aromatic heterocycles. The second kappa shape index (κ2) is 14.3. The Morgan fingerprint density at radius 2 is 1.21 bits per heavy atom. The highest BCUT2D eigenvalue weighted by Crippen LogP contribution is 2.06. The first-order chi connectivity index (χ1) is 13.6. The molecule has 0 saturated carbocycles. The summed E-state index contributed by atoms with van der Waals surface area (Å²) in [6, 6.07) is 29.6. The molecule has 3 aromatic rings. The number of carbonyl (C=O) groups is 1. The van der Waals surface area contributed by atoms with Gasteiger partial charge in [-0.15, -0.1) is 0 Å². The summed E-state index contributed by atoms with van der Waals surface area (Å²) >= 11 is 0. The van der Waals surface area contributed by atoms with Gasteiger partial charge >= 0.3 is 0 Å². The van der Waals surface area contributed by atoms with Crippen LogP contribution in [0.4, 0.5) is 5.69 Å². The molecule has 0 amide bonds. The van der Waals surface area contributed by atoms with Crippen LogP contribution >= 0.6 is 0 Å². The number of aliphatic hydroxyl groups is 1. The van der Waals surface area contributed by atoms with Gasteiger partial charge in [-0.1, -0.05) is 85.8 Å². The van der Waals surface area contributed by atoms with E-state index in [-0.39, 0.29) is 5.78 Å². The molecule has 0 unspecified atom stereocenters. The monoisotopic (exact) mass is 378 g/mol. The van der Waals surface area contributed by atoms with E-state index in [4.69, 9.17) is 5.11 Å². The Balaban J connectivity index is 0.000000256. The summed E-state index contributed by atoms with van der Waals surface area (Å²) in [6.07, 6.45) is 1.35. The van der Waals surface area contributed by atoms with Crippen LogP contribution in [0.3, 0.4) is 0 Å². The number of carbonyl (C=O) groups excluding carboxylic acids is 1. The lowest BCUT2D eigenvalue weighted by molar-refractivity contribution is -0.786. The van der Waals surface area contributed by atoms with Crippen molar-refractivity contribution < 1.29 is 14.8 Å². The van der Waals surface area contributed by atoms with Crippen molar-refractivity contribution in [2.45, 2.75) is 19.8 Å². The van der Waals surface area contributed by atoms with Crippen LogP contribution in [-0.4, -0.2) is 31.6 Å². The van der Waals surface area contributed by atoms with Gasteiger partial charge in [0.05, 0.1) is 14.1 Å². The van der Waals surface area contributed by atoms with Crippen molar-refractivity contribution in [1.29, 1.82) is 0 Å². The summed E-state index contributed by atoms with van der Waals surface area (Å²) in [5.41, 5.74) is 3.17. The lowest BCUT2D eigenvalue weighted by Gasteiger charge is -2.03. The van der Waals surface area contributed by atoms with Crippen LogP contribution in [0.5, 0.6) is 0 Å². The van der Waals surface area contributed by atoms with Gasteiger partial charge in [-0.25, -0.2) is 0 Å². The van der Waals surface area contributed by atoms with Gasteiger partial charge in [0.1, 0.15) is 5.69 Å². The number of ketones is 1. The van der Waals surface area contributed by atoms with Gasteiger partial charge in [-0.2, -0.15) is 0 Å². The molecule has 0 fully saturated rings. The number of quaternary nitrogens is 1. The number of hydrogen-bond donors (Lipinski definition) is 2. The van der Waals surface area contributed by atoms with Crippen molar-refractivity contribution in [3.05, 3.63) is 102 Å². The number of benzene rings is 3. The standard InChI is InChI=1S/C14H12O.C8H11N.C3H8O/c15-14(13-9-5-2-6-10-13)11-12-7-3-1-4-8-12;1-9(2)8-6-4-3-5-7-8;1-2-3-4/h1-10H,11H2;3-7H,1-2H3;4H,2-3H2,1H3/p+1. The van der Waals surface area contributed by atoms with Crippen molar-refractivity contribution in [2.75, 3.05) is 20.7 Å². The van der Waals surface area contributed by atoms with Crippen LogP contribution in [0.25, 0.3) is 0 Å². The molecule has 0 bridgehead atoms. The second-order valence-electron chi connectivity index (χ2n) is 6.54. The molecule has 0 radical (unpaired) electrons. The predicted molar refractivity (Wildman–Crippen MR) is 117 cm³/mol. The molecular formula is C25H32NO2+. The maximum atomic E-state index is 11.8. The molecule has 0 aliphatic carbocycles. The Hall–Kier alpha value is -2.75. The number of aliphatic hydroxyl groups excluding tert-OH is 1. The number of rotatable bonds is 5. The second-order valence-corrected chi connectivity index (χ2v) is 6.54. The predicted octanol–water partition coefficient (Wildman–Crippen LogP) is 3.96. The Morgan fingerprint density at radius 1 is 0.786 bits per heavy atom. The Bertz CT molecular complexity index is 754. The number of hydrogen-bond acceptors (Lipinski definition) is 2. The highest BCUT2D eigenvalue weighted by atomic mass is 16.2. The van der Waals surface area contributed by atoms with E-state index in [9.17, 15) is 4.79 Å². The zero-order valence-electron chi connectivity index (χ0n) is 17.1. The van der Waals surface area contributed by atoms with Crippen molar-refractivity contribution in [3.8, 4) is 0 Å². The van der Waals surface area contributed by atoms with Crippen LogP contribution in [0, 0.1) is 0 Å². The van der Waals surface area contributed by atoms with Crippen LogP contribution < -0.4 is 4.90 Å². The summed E-state index contributed by atoms with van der Waals surface area (Å²) < 4.78 is 0. The first-order valence-electron chi connectivity index (χ1n) is 9.67. The van der Waals surface area contributed by atoms with Crippen LogP contribution in [-0.2, 0) is 6.42 Å². The largest absolute Gasteiger partial charge is 0.396 e. The van der Waals surface area contributed by atoms with Gasteiger partial charge < -0.3 is 10.0 Å². The molecule has 0 atom stereocenters. The molecular weight excluding hydrogens is 346 g/mol. The molecule has 0 aliphatic rings. The quantitative estimate of drug-likeness (QED) is 0.660. The van der Waals surface area contributed by atoms with Gasteiger partial charge in [0.25, 0.3) is 0 Å². The van der Waals surface area contributed by atoms with E-state index >= 15 is 0 Å². The van der Waals surface area contributed by atoms with E-state index in [0.717, 1.165) is 17.5 Å². The zero-order chi connectivity index (χ0) is 20.6. The molecule has 28 heavy (non-hydrogen) atoms. The number of nitrogens with one attached hydrogen (secondary N) is 1. The summed E-state index contributed by atoms with van der Waals surface area (Å²) in [6.45, 7) is 2.25. The highest BCUT2D eigenvalue weighted by molar-refractivity contribution is 5.97. The van der Waals surface area contributed by atoms with Crippen molar-refractivity contribution >= 4 is 11.5 Å². The van der Waals surface area contributed by atoms with E-state index in [2.05, 4.69) is 38.4 Å². The number of Topliss-reactive ketones (excluding diaryl/α,β-unsaturated/α-hetero) is 1. The maximum absolute atomic E-state index is 11.8. The summed E-state index contributed by atoms with van der Waals surface area (Å²) in [5.74, 6) is 0.168. The third-order valence-corrected chi connectivity index (χ3v) is 3.88. The van der Waals surface area contributed by atoms with Gasteiger partial charge in [0.15, 0.2) is 5.78 Å². The highest BCUT2D eigenvalue weighted by Gasteiger charge is 2.05. The molecule has 0 aliphatic heterocycles. The zero-order valence-corrected chi connectivity index (χ0v) is 17.1. The summed E-state index contributed by atoms with van der Waals surface area (Å²) in [5, 5.41) is 7.88. The van der Waals surface area contributed by atoms with E-state index in [1.165, 1.54) is 10.6 Å². The molecule has 3 rings (SSSR count). The van der Waals surface area contributed by atoms with Crippen molar-refractivity contribution in [2.24, 2.45) is 0 Å². The van der Waals surface area contributed by atoms with Crippen molar-refractivity contribution in [3.63, 3.8) is 0 Å². The SMILES string of the molecule is CCCO.C[NH+](C)c1ccccc1.O=C(Cc1ccccc1)c1ccccc1. The third-order valence-electron chi connectivity index (χ3n) is 3.88. The first-order valence-corrected chi connectivity index (χ1v) is 9.67. The average molecular weight is 379 g/mol. The minimum Gasteiger partial charge on any atom is -0.396 e. The first kappa shape index (κ1) is 23.3. The molecule has 0 saturated heterocycles. The average Bonchev–Trinajstić information content (AvgIpc) is 2.76. The maximum Gasteiger partial charge on any atom is 0.167 e. The molecule has 3 nitrogen and oxygen atoms in total. The molecule has 0 spiro atoms. The van der Waals surface area contributed by atoms with Gasteiger partial charge in [0, 0.05) is 18.6 Å². The van der Waals surface area contributed by atoms with E-state index < -0.39 is 0 Å². The molecule has 0 heterocycles. The summed E-state index contributed by atoms with van der Waals surface area (Å²) in [7, 11) is 4.24. The lowest BCUT2D eigenvalue weighted by atomic mass is 10.0. The fraction of sp³-hybridized carbons (Fsp3) is 0.240. The van der Waals surface area contributed by atoms with E-state index in [1.54, 1.807) is 0 Å². The van der Waals surface area contributed by atoms with Gasteiger partial charge in [-0.05, 0) is 24.1 Å². The van der Waals surface area contributed by atoms with Crippen molar-refractivity contribution in [1.82, 2.24) is 0 Å². The molecule has 2 N–H and O–H groups in total.